The van der Waals surface area contributed by atoms with Gasteiger partial charge in [-0.15, -0.1) is 0 Å². The Morgan fingerprint density at radius 2 is 1.41 bits per heavy atom. The van der Waals surface area contributed by atoms with Gasteiger partial charge in [-0.1, -0.05) is 64.6 Å². The van der Waals surface area contributed by atoms with Crippen LogP contribution in [0.4, 0.5) is 0 Å². The molecule has 29 heavy (non-hydrogen) atoms. The van der Waals surface area contributed by atoms with Crippen LogP contribution in [0.1, 0.15) is 16.7 Å². The maximum atomic E-state index is 13.0. The van der Waals surface area contributed by atoms with Gasteiger partial charge in [0.2, 0.25) is 0 Å². The molecule has 0 spiro atoms. The fraction of sp³-hybridized carbons (Fsp3) is 0.0526. The summed E-state index contributed by atoms with van der Waals surface area (Å²) in [4.78, 5) is 0. The van der Waals surface area contributed by atoms with Gasteiger partial charge in [0.25, 0.3) is 10.1 Å². The number of halogens is 4. The summed E-state index contributed by atoms with van der Waals surface area (Å²) in [6.45, 7) is 0. The zero-order chi connectivity index (χ0) is 21.6. The van der Waals surface area contributed by atoms with Crippen molar-refractivity contribution in [1.82, 2.24) is 0 Å². The lowest BCUT2D eigenvalue weighted by Crippen LogP contribution is -2.39. The van der Waals surface area contributed by atoms with E-state index in [-0.39, 0.29) is 48.3 Å². The molecule has 0 aliphatic rings. The Balaban J connectivity index is 2.61. The third-order valence-electron chi connectivity index (χ3n) is 4.37. The first-order valence-electron chi connectivity index (χ1n) is 7.89. The summed E-state index contributed by atoms with van der Waals surface area (Å²) in [6, 6.07) is 11.5. The molecule has 0 bridgehead atoms. The van der Waals surface area contributed by atoms with E-state index >= 15 is 0 Å². The van der Waals surface area contributed by atoms with Crippen molar-refractivity contribution in [1.29, 1.82) is 0 Å². The molecular weight excluding hydrogens is 482 g/mol. The van der Waals surface area contributed by atoms with Crippen LogP contribution in [-0.4, -0.2) is 23.2 Å². The van der Waals surface area contributed by atoms with Crippen LogP contribution >= 0.6 is 46.4 Å². The van der Waals surface area contributed by atoms with E-state index in [2.05, 4.69) is 0 Å². The minimum Gasteiger partial charge on any atom is -0.508 e. The second-order valence-electron chi connectivity index (χ2n) is 6.11. The van der Waals surface area contributed by atoms with Crippen molar-refractivity contribution in [3.63, 3.8) is 0 Å². The number of phenolic OH excluding ortho intramolecular Hbond substituents is 2. The summed E-state index contributed by atoms with van der Waals surface area (Å²) in [5, 5.41) is 19.2. The summed E-state index contributed by atoms with van der Waals surface area (Å²) in [7, 11) is -5.04. The quantitative estimate of drug-likeness (QED) is 0.311. The minimum absolute atomic E-state index is 0.0174. The van der Waals surface area contributed by atoms with Crippen LogP contribution in [0.15, 0.2) is 54.6 Å². The highest BCUT2D eigenvalue weighted by atomic mass is 35.5. The molecule has 0 amide bonds. The maximum absolute atomic E-state index is 13.0. The lowest BCUT2D eigenvalue weighted by atomic mass is 9.83. The molecule has 0 heterocycles. The summed E-state index contributed by atoms with van der Waals surface area (Å²) in [5.74, 6) is -0.600. The molecule has 3 aromatic carbocycles. The Bertz CT molecular complexity index is 1210. The van der Waals surface area contributed by atoms with Crippen LogP contribution in [0.5, 0.6) is 11.5 Å². The fourth-order valence-corrected chi connectivity index (χ4v) is 5.60. The van der Waals surface area contributed by atoms with Crippen LogP contribution in [0.3, 0.4) is 0 Å². The summed E-state index contributed by atoms with van der Waals surface area (Å²) in [6.07, 6.45) is 0. The monoisotopic (exact) mass is 492 g/mol. The first-order chi connectivity index (χ1) is 13.5. The Kier molecular flexibility index (Phi) is 5.98. The van der Waals surface area contributed by atoms with Crippen molar-refractivity contribution in [2.24, 2.45) is 0 Å². The van der Waals surface area contributed by atoms with Gasteiger partial charge >= 0.3 is 0 Å². The van der Waals surface area contributed by atoms with Gasteiger partial charge in [-0.05, 0) is 35.9 Å². The predicted octanol–water partition coefficient (Wildman–Crippen LogP) is 5.89. The van der Waals surface area contributed by atoms with Gasteiger partial charge in [0.05, 0.1) is 5.02 Å². The molecule has 3 N–H and O–H groups in total. The molecule has 3 rings (SSSR count). The largest absolute Gasteiger partial charge is 0.508 e. The van der Waals surface area contributed by atoms with Crippen molar-refractivity contribution in [3.05, 3.63) is 91.4 Å². The van der Waals surface area contributed by atoms with Gasteiger partial charge in [0.1, 0.15) is 11.5 Å². The van der Waals surface area contributed by atoms with E-state index in [0.717, 1.165) is 18.2 Å². The fourth-order valence-electron chi connectivity index (χ4n) is 3.19. The number of benzene rings is 3. The van der Waals surface area contributed by atoms with E-state index < -0.39 is 14.9 Å². The molecule has 0 aliphatic heterocycles. The lowest BCUT2D eigenvalue weighted by Gasteiger charge is -2.34. The van der Waals surface area contributed by atoms with Crippen LogP contribution in [0, 0.1) is 0 Å². The maximum Gasteiger partial charge on any atom is 0.283 e. The molecule has 0 fully saturated rings. The van der Waals surface area contributed by atoms with E-state index in [1.54, 1.807) is 0 Å². The number of aromatic hydroxyl groups is 2. The number of hydrogen-bond acceptors (Lipinski definition) is 4. The Morgan fingerprint density at radius 3 is 2.00 bits per heavy atom. The van der Waals surface area contributed by atoms with Crippen molar-refractivity contribution in [2.75, 3.05) is 0 Å². The third-order valence-corrected chi connectivity index (χ3v) is 6.98. The number of hydrogen-bond donors (Lipinski definition) is 3. The molecule has 3 aromatic rings. The van der Waals surface area contributed by atoms with E-state index in [0.29, 0.717) is 0 Å². The smallest absolute Gasteiger partial charge is 0.283 e. The highest BCUT2D eigenvalue weighted by Gasteiger charge is 2.51. The zero-order valence-corrected chi connectivity index (χ0v) is 18.1. The second-order valence-corrected chi connectivity index (χ2v) is 9.33. The topological polar surface area (TPSA) is 94.8 Å². The van der Waals surface area contributed by atoms with E-state index in [1.807, 2.05) is 0 Å². The molecule has 1 unspecified atom stereocenters. The predicted molar refractivity (Wildman–Crippen MR) is 114 cm³/mol. The molecule has 0 aliphatic carbocycles. The normalized spacial score (nSPS) is 13.8. The first kappa shape index (κ1) is 22.0. The first-order valence-corrected chi connectivity index (χ1v) is 10.8. The van der Waals surface area contributed by atoms with Crippen molar-refractivity contribution in [3.8, 4) is 11.5 Å². The summed E-state index contributed by atoms with van der Waals surface area (Å²) in [5.41, 5.74) is -0.256. The van der Waals surface area contributed by atoms with Crippen LogP contribution in [0.25, 0.3) is 0 Å². The van der Waals surface area contributed by atoms with Gasteiger partial charge in [-0.3, -0.25) is 4.55 Å². The molecule has 0 aromatic heterocycles. The van der Waals surface area contributed by atoms with E-state index in [9.17, 15) is 23.2 Å². The van der Waals surface area contributed by atoms with Gasteiger partial charge in [-0.2, -0.15) is 8.42 Å². The minimum atomic E-state index is -5.04. The van der Waals surface area contributed by atoms with Crippen molar-refractivity contribution < 1.29 is 23.2 Å². The molecule has 10 heteroatoms. The van der Waals surface area contributed by atoms with Crippen LogP contribution in [0.2, 0.25) is 20.1 Å². The van der Waals surface area contributed by atoms with Gasteiger partial charge in [0, 0.05) is 32.3 Å². The van der Waals surface area contributed by atoms with Crippen LogP contribution in [-0.2, 0) is 14.9 Å². The molecule has 5 nitrogen and oxygen atoms in total. The molecule has 0 saturated carbocycles. The third kappa shape index (κ3) is 3.77. The lowest BCUT2D eigenvalue weighted by molar-refractivity contribution is 0.456. The highest BCUT2D eigenvalue weighted by molar-refractivity contribution is 7.87. The highest BCUT2D eigenvalue weighted by Crippen LogP contribution is 2.50. The SMILES string of the molecule is O=S(=O)(O)C(c1cccc(Cl)c1)(c1ccc(O)cc1Cl)c1cc(Cl)c(O)cc1Cl. The summed E-state index contributed by atoms with van der Waals surface area (Å²) < 4.78 is 34.1. The summed E-state index contributed by atoms with van der Waals surface area (Å²) >= 11 is 24.7. The molecular formula is C19H12Cl4O5S. The Hall–Kier alpha value is -1.67. The van der Waals surface area contributed by atoms with Gasteiger partial charge < -0.3 is 10.2 Å². The standard InChI is InChI=1S/C19H12Cl4O5S/c20-11-3-1-2-10(6-11)19(29(26,27)28,13-5-4-12(24)7-15(13)21)14-8-17(23)18(25)9-16(14)22/h1-9,24-25H,(H,26,27,28). The molecule has 1 atom stereocenters. The van der Waals surface area contributed by atoms with E-state index in [1.165, 1.54) is 36.4 Å². The van der Waals surface area contributed by atoms with Crippen molar-refractivity contribution in [2.45, 2.75) is 4.75 Å². The van der Waals surface area contributed by atoms with Gasteiger partial charge in [0.15, 0.2) is 4.75 Å². The number of rotatable bonds is 4. The van der Waals surface area contributed by atoms with Gasteiger partial charge in [-0.25, -0.2) is 0 Å². The molecule has 152 valence electrons. The Morgan fingerprint density at radius 1 is 0.759 bits per heavy atom. The average Bonchev–Trinajstić information content (AvgIpc) is 2.60. The molecule has 0 saturated heterocycles. The number of phenols is 2. The zero-order valence-electron chi connectivity index (χ0n) is 14.3. The Labute approximate surface area is 186 Å². The van der Waals surface area contributed by atoms with Crippen LogP contribution < -0.4 is 0 Å². The average molecular weight is 494 g/mol. The second kappa shape index (κ2) is 7.87. The van der Waals surface area contributed by atoms with E-state index in [4.69, 9.17) is 46.4 Å². The van der Waals surface area contributed by atoms with Crippen molar-refractivity contribution >= 4 is 56.5 Å². The molecule has 0 radical (unpaired) electrons.